The van der Waals surface area contributed by atoms with Crippen molar-refractivity contribution >= 4 is 29.1 Å². The first-order valence-electron chi connectivity index (χ1n) is 12.8. The van der Waals surface area contributed by atoms with E-state index in [1.165, 1.54) is 28.0 Å². The van der Waals surface area contributed by atoms with Crippen molar-refractivity contribution < 1.29 is 27.9 Å². The van der Waals surface area contributed by atoms with E-state index in [1.807, 2.05) is 12.1 Å². The molecule has 0 bridgehead atoms. The van der Waals surface area contributed by atoms with E-state index in [0.717, 1.165) is 50.2 Å². The molecule has 2 aromatic carbocycles. The summed E-state index contributed by atoms with van der Waals surface area (Å²) in [4.78, 5) is 30.1. The van der Waals surface area contributed by atoms with Gasteiger partial charge in [0.25, 0.3) is 17.4 Å². The molecule has 2 amide bonds. The molecule has 0 aromatic heterocycles. The number of anilines is 1. The zero-order chi connectivity index (χ0) is 27.7. The SMILES string of the molecule is CN(C)C(=O)c1ccc(N2CCC(CC3CCN(C(=O)C(O)(c4ccccc4)C(F)(F)F)C3)CC2)cc1Cl. The molecule has 0 spiro atoms. The molecular formula is C28H33ClF3N3O3. The minimum atomic E-state index is -5.13. The van der Waals surface area contributed by atoms with Crippen molar-refractivity contribution in [3.8, 4) is 0 Å². The van der Waals surface area contributed by atoms with Crippen LogP contribution in [0.2, 0.25) is 5.02 Å². The summed E-state index contributed by atoms with van der Waals surface area (Å²) in [7, 11) is 3.35. The van der Waals surface area contributed by atoms with Gasteiger partial charge in [0.15, 0.2) is 0 Å². The van der Waals surface area contributed by atoms with Gasteiger partial charge < -0.3 is 19.8 Å². The van der Waals surface area contributed by atoms with Gasteiger partial charge >= 0.3 is 6.18 Å². The highest BCUT2D eigenvalue weighted by Crippen LogP contribution is 2.42. The first kappa shape index (κ1) is 28.2. The molecule has 1 N–H and O–H groups in total. The van der Waals surface area contributed by atoms with Crippen molar-refractivity contribution in [1.29, 1.82) is 0 Å². The van der Waals surface area contributed by atoms with Crippen LogP contribution < -0.4 is 4.90 Å². The van der Waals surface area contributed by atoms with Crippen LogP contribution in [0.1, 0.15) is 41.6 Å². The normalized spacial score (nSPS) is 20.3. The molecule has 206 valence electrons. The number of likely N-dealkylation sites (tertiary alicyclic amines) is 1. The van der Waals surface area contributed by atoms with Crippen molar-refractivity contribution in [3.63, 3.8) is 0 Å². The minimum absolute atomic E-state index is 0.0922. The highest BCUT2D eigenvalue weighted by molar-refractivity contribution is 6.34. The summed E-state index contributed by atoms with van der Waals surface area (Å²) in [6, 6.07) is 12.0. The second kappa shape index (κ2) is 11.1. The summed E-state index contributed by atoms with van der Waals surface area (Å²) in [6.45, 7) is 2.02. The highest BCUT2D eigenvalue weighted by atomic mass is 35.5. The predicted octanol–water partition coefficient (Wildman–Crippen LogP) is 4.95. The van der Waals surface area contributed by atoms with E-state index in [1.54, 1.807) is 20.2 Å². The molecule has 10 heteroatoms. The van der Waals surface area contributed by atoms with Gasteiger partial charge in [0.05, 0.1) is 10.6 Å². The van der Waals surface area contributed by atoms with Gasteiger partial charge in [0.1, 0.15) is 0 Å². The lowest BCUT2D eigenvalue weighted by Gasteiger charge is -2.35. The van der Waals surface area contributed by atoms with E-state index in [0.29, 0.717) is 22.9 Å². The summed E-state index contributed by atoms with van der Waals surface area (Å²) < 4.78 is 41.8. The lowest BCUT2D eigenvalue weighted by atomic mass is 9.86. The topological polar surface area (TPSA) is 64.1 Å². The van der Waals surface area contributed by atoms with Crippen LogP contribution in [0.25, 0.3) is 0 Å². The Morgan fingerprint density at radius 3 is 2.21 bits per heavy atom. The second-order valence-corrected chi connectivity index (χ2v) is 10.9. The number of benzene rings is 2. The van der Waals surface area contributed by atoms with E-state index in [-0.39, 0.29) is 24.9 Å². The number of amides is 2. The number of carbonyl (C=O) groups is 2. The Balaban J connectivity index is 1.33. The Morgan fingerprint density at radius 2 is 1.63 bits per heavy atom. The zero-order valence-electron chi connectivity index (χ0n) is 21.5. The van der Waals surface area contributed by atoms with E-state index in [9.17, 15) is 27.9 Å². The molecule has 4 rings (SSSR count). The predicted molar refractivity (Wildman–Crippen MR) is 140 cm³/mol. The van der Waals surface area contributed by atoms with Crippen LogP contribution in [0.5, 0.6) is 0 Å². The first-order chi connectivity index (χ1) is 17.9. The standard InChI is InChI=1S/C28H33ClF3N3O3/c1-33(2)25(36)23-9-8-22(17-24(23)29)34-13-10-19(11-14-34)16-20-12-15-35(18-20)26(37)27(38,28(30,31)32)21-6-4-3-5-7-21/h3-9,17,19-20,38H,10-16,18H2,1-2H3. The largest absolute Gasteiger partial charge is 0.430 e. The van der Waals surface area contributed by atoms with Crippen molar-refractivity contribution in [2.75, 3.05) is 45.2 Å². The third kappa shape index (κ3) is 5.64. The van der Waals surface area contributed by atoms with Crippen molar-refractivity contribution in [2.24, 2.45) is 11.8 Å². The number of carbonyl (C=O) groups excluding carboxylic acids is 2. The summed E-state index contributed by atoms with van der Waals surface area (Å²) in [5, 5.41) is 11.0. The number of alkyl halides is 3. The van der Waals surface area contributed by atoms with E-state index >= 15 is 0 Å². The van der Waals surface area contributed by atoms with Gasteiger partial charge in [0, 0.05) is 51.5 Å². The number of rotatable bonds is 6. The summed E-state index contributed by atoms with van der Waals surface area (Å²) in [5.41, 5.74) is -2.61. The molecule has 0 aliphatic carbocycles. The lowest BCUT2D eigenvalue weighted by molar-refractivity contribution is -0.261. The van der Waals surface area contributed by atoms with Crippen LogP contribution in [-0.4, -0.2) is 73.2 Å². The third-order valence-electron chi connectivity index (χ3n) is 7.72. The van der Waals surface area contributed by atoms with Crippen molar-refractivity contribution in [3.05, 3.63) is 64.7 Å². The molecule has 38 heavy (non-hydrogen) atoms. The number of hydrogen-bond acceptors (Lipinski definition) is 4. The van der Waals surface area contributed by atoms with Crippen LogP contribution in [0.15, 0.2) is 48.5 Å². The molecule has 0 radical (unpaired) electrons. The molecule has 2 aliphatic heterocycles. The van der Waals surface area contributed by atoms with Crippen molar-refractivity contribution in [2.45, 2.75) is 37.5 Å². The maximum atomic E-state index is 13.9. The van der Waals surface area contributed by atoms with Crippen molar-refractivity contribution in [1.82, 2.24) is 9.80 Å². The summed E-state index contributed by atoms with van der Waals surface area (Å²) in [5.74, 6) is -0.968. The number of piperidine rings is 1. The van der Waals surface area contributed by atoms with Crippen LogP contribution in [-0.2, 0) is 10.4 Å². The van der Waals surface area contributed by atoms with E-state index in [4.69, 9.17) is 11.6 Å². The quantitative estimate of drug-likeness (QED) is 0.552. The number of aliphatic hydroxyl groups is 1. The molecule has 2 saturated heterocycles. The average Bonchev–Trinajstić information content (AvgIpc) is 3.36. The fraction of sp³-hybridized carbons (Fsp3) is 0.500. The van der Waals surface area contributed by atoms with Crippen LogP contribution in [0, 0.1) is 11.8 Å². The Labute approximate surface area is 226 Å². The van der Waals surface area contributed by atoms with Gasteiger partial charge in [0.2, 0.25) is 0 Å². The van der Waals surface area contributed by atoms with Crippen LogP contribution >= 0.6 is 11.6 Å². The van der Waals surface area contributed by atoms with E-state index < -0.39 is 23.2 Å². The third-order valence-corrected chi connectivity index (χ3v) is 8.03. The van der Waals surface area contributed by atoms with Gasteiger partial charge in [-0.15, -0.1) is 0 Å². The maximum Gasteiger partial charge on any atom is 0.430 e. The Hall–Kier alpha value is -2.78. The van der Waals surface area contributed by atoms with Gasteiger partial charge in [-0.1, -0.05) is 41.9 Å². The Morgan fingerprint density at radius 1 is 1.00 bits per heavy atom. The molecule has 2 aromatic rings. The number of halogens is 4. The fourth-order valence-electron chi connectivity index (χ4n) is 5.54. The van der Waals surface area contributed by atoms with Gasteiger partial charge in [-0.05, 0) is 55.7 Å². The highest BCUT2D eigenvalue weighted by Gasteiger charge is 2.62. The van der Waals surface area contributed by atoms with Crippen LogP contribution in [0.4, 0.5) is 18.9 Å². The Bertz CT molecular complexity index is 1150. The van der Waals surface area contributed by atoms with Gasteiger partial charge in [-0.25, -0.2) is 0 Å². The molecule has 2 unspecified atom stereocenters. The molecule has 6 nitrogen and oxygen atoms in total. The van der Waals surface area contributed by atoms with Gasteiger partial charge in [-0.2, -0.15) is 13.2 Å². The Kier molecular flexibility index (Phi) is 8.28. The maximum absolute atomic E-state index is 13.9. The monoisotopic (exact) mass is 551 g/mol. The molecule has 2 aliphatic rings. The average molecular weight is 552 g/mol. The lowest BCUT2D eigenvalue weighted by Crippen LogP contribution is -2.55. The summed E-state index contributed by atoms with van der Waals surface area (Å²) >= 11 is 6.37. The van der Waals surface area contributed by atoms with Gasteiger partial charge in [-0.3, -0.25) is 9.59 Å². The molecule has 2 heterocycles. The fourth-order valence-corrected chi connectivity index (χ4v) is 5.80. The minimum Gasteiger partial charge on any atom is -0.371 e. The number of hydrogen-bond donors (Lipinski definition) is 1. The molecule has 2 fully saturated rings. The molecule has 0 saturated carbocycles. The molecule has 2 atom stereocenters. The number of nitrogens with zero attached hydrogens (tertiary/aromatic N) is 3. The second-order valence-electron chi connectivity index (χ2n) is 10.5. The molecular weight excluding hydrogens is 519 g/mol. The smallest absolute Gasteiger partial charge is 0.371 e. The first-order valence-corrected chi connectivity index (χ1v) is 13.2. The summed E-state index contributed by atoms with van der Waals surface area (Å²) in [6.07, 6.45) is -1.86. The van der Waals surface area contributed by atoms with Crippen LogP contribution in [0.3, 0.4) is 0 Å². The zero-order valence-corrected chi connectivity index (χ0v) is 22.3. The van der Waals surface area contributed by atoms with E-state index in [2.05, 4.69) is 4.90 Å².